The van der Waals surface area contributed by atoms with E-state index in [1.54, 1.807) is 60.4 Å². The molecule has 0 spiro atoms. The number of halogens is 3. The highest BCUT2D eigenvalue weighted by Crippen LogP contribution is 2.41. The van der Waals surface area contributed by atoms with Gasteiger partial charge in [-0.2, -0.15) is 0 Å². The minimum absolute atomic E-state index is 0.171. The molecule has 0 bridgehead atoms. The normalized spacial score (nSPS) is 21.1. The minimum Gasteiger partial charge on any atom is -0.469 e. The second-order valence-corrected chi connectivity index (χ2v) is 10.7. The van der Waals surface area contributed by atoms with Crippen LogP contribution in [0.4, 0.5) is 18.9 Å². The van der Waals surface area contributed by atoms with Gasteiger partial charge in [0.1, 0.15) is 5.82 Å². The minimum atomic E-state index is -2.86. The molecule has 0 radical (unpaired) electrons. The first-order valence-electron chi connectivity index (χ1n) is 13.4. The number of alkyl halides is 2. The number of rotatable bonds is 7. The monoisotopic (exact) mass is 544 g/mol. The van der Waals surface area contributed by atoms with Crippen molar-refractivity contribution in [2.24, 2.45) is 5.41 Å². The molecule has 1 heterocycles. The van der Waals surface area contributed by atoms with Gasteiger partial charge in [0, 0.05) is 44.1 Å². The number of carbonyl (C=O) groups is 3. The van der Waals surface area contributed by atoms with Crippen LogP contribution in [0.15, 0.2) is 54.6 Å². The molecule has 2 fully saturated rings. The molecule has 9 heteroatoms. The van der Waals surface area contributed by atoms with Crippen molar-refractivity contribution in [2.45, 2.75) is 69.8 Å². The highest BCUT2D eigenvalue weighted by atomic mass is 19.3. The van der Waals surface area contributed by atoms with Gasteiger partial charge in [-0.05, 0) is 56.4 Å². The van der Waals surface area contributed by atoms with Crippen LogP contribution in [0, 0.1) is 11.2 Å². The lowest BCUT2D eigenvalue weighted by Gasteiger charge is -2.42. The number of benzene rings is 2. The molecular formula is C30H35F3N2O4. The molecule has 1 saturated carbocycles. The maximum absolute atomic E-state index is 14.4. The summed E-state index contributed by atoms with van der Waals surface area (Å²) < 4.78 is 48.1. The Hall–Kier alpha value is -3.36. The predicted octanol–water partition coefficient (Wildman–Crippen LogP) is 5.71. The fourth-order valence-electron chi connectivity index (χ4n) is 5.95. The molecule has 2 aromatic carbocycles. The molecular weight excluding hydrogens is 509 g/mol. The number of para-hydroxylation sites is 1. The molecule has 4 rings (SSSR count). The zero-order valence-corrected chi connectivity index (χ0v) is 22.4. The Kier molecular flexibility index (Phi) is 8.67. The predicted molar refractivity (Wildman–Crippen MR) is 141 cm³/mol. The van der Waals surface area contributed by atoms with Crippen LogP contribution in [0.5, 0.6) is 0 Å². The van der Waals surface area contributed by atoms with E-state index in [1.807, 2.05) is 0 Å². The third kappa shape index (κ3) is 6.28. The van der Waals surface area contributed by atoms with Crippen LogP contribution in [0.3, 0.4) is 0 Å². The molecule has 2 amide bonds. The van der Waals surface area contributed by atoms with Crippen LogP contribution >= 0.6 is 0 Å². The van der Waals surface area contributed by atoms with Crippen LogP contribution in [0.25, 0.3) is 0 Å². The van der Waals surface area contributed by atoms with E-state index in [0.29, 0.717) is 24.1 Å². The Balaban J connectivity index is 1.53. The van der Waals surface area contributed by atoms with Crippen molar-refractivity contribution in [2.75, 3.05) is 25.1 Å². The number of likely N-dealkylation sites (tertiary alicyclic amines) is 1. The first-order chi connectivity index (χ1) is 18.6. The zero-order chi connectivity index (χ0) is 28.2. The van der Waals surface area contributed by atoms with Crippen molar-refractivity contribution in [3.8, 4) is 0 Å². The summed E-state index contributed by atoms with van der Waals surface area (Å²) in [5.41, 5.74) is -0.393. The first kappa shape index (κ1) is 28.6. The molecule has 2 aliphatic rings. The molecule has 0 aromatic heterocycles. The molecule has 210 valence electrons. The van der Waals surface area contributed by atoms with E-state index in [4.69, 9.17) is 4.74 Å². The van der Waals surface area contributed by atoms with Crippen LogP contribution in [-0.2, 0) is 19.1 Å². The van der Waals surface area contributed by atoms with Crippen molar-refractivity contribution < 1.29 is 32.3 Å². The van der Waals surface area contributed by atoms with Gasteiger partial charge in [0.2, 0.25) is 17.7 Å². The van der Waals surface area contributed by atoms with Gasteiger partial charge in [-0.1, -0.05) is 36.4 Å². The summed E-state index contributed by atoms with van der Waals surface area (Å²) in [5.74, 6) is -5.28. The van der Waals surface area contributed by atoms with Gasteiger partial charge in [0.15, 0.2) is 0 Å². The van der Waals surface area contributed by atoms with E-state index in [-0.39, 0.29) is 44.7 Å². The second kappa shape index (κ2) is 11.8. The summed E-state index contributed by atoms with van der Waals surface area (Å²) in [5, 5.41) is 0. The molecule has 1 saturated heterocycles. The standard InChI is InChI=1S/C30H35F3N2O4/c1-21(24-12-6-7-13-25(24)31)27(37)34-17-15-29(16-18-34,28(38)39-2)20-26(36)35(22-9-4-3-5-10-22)23-11-8-14-30(32,33)19-23/h3-7,9-10,12-13,21,23H,8,11,14-20H2,1-2H3. The molecule has 1 aliphatic heterocycles. The Labute approximate surface area is 227 Å². The van der Waals surface area contributed by atoms with Crippen LogP contribution < -0.4 is 4.90 Å². The van der Waals surface area contributed by atoms with Crippen molar-refractivity contribution in [1.82, 2.24) is 4.90 Å². The largest absolute Gasteiger partial charge is 0.469 e. The van der Waals surface area contributed by atoms with Gasteiger partial charge in [-0.15, -0.1) is 0 Å². The number of carbonyl (C=O) groups excluding carboxylic acids is 3. The molecule has 0 N–H and O–H groups in total. The van der Waals surface area contributed by atoms with E-state index in [1.165, 1.54) is 18.1 Å². The quantitative estimate of drug-likeness (QED) is 0.419. The summed E-state index contributed by atoms with van der Waals surface area (Å²) in [6.45, 7) is 2.02. The summed E-state index contributed by atoms with van der Waals surface area (Å²) in [4.78, 5) is 43.1. The molecule has 2 atom stereocenters. The SMILES string of the molecule is COC(=O)C1(CC(=O)N(c2ccccc2)C2CCCC(F)(F)C2)CCN(C(=O)C(C)c2ccccc2F)CC1. The fraction of sp³-hybridized carbons (Fsp3) is 0.500. The van der Waals surface area contributed by atoms with E-state index >= 15 is 0 Å². The average Bonchev–Trinajstić information content (AvgIpc) is 2.92. The summed E-state index contributed by atoms with van der Waals surface area (Å²) in [6.07, 6.45) is 0.221. The number of amides is 2. The highest BCUT2D eigenvalue weighted by Gasteiger charge is 2.48. The number of piperidine rings is 1. The van der Waals surface area contributed by atoms with Gasteiger partial charge >= 0.3 is 5.97 Å². The third-order valence-electron chi connectivity index (χ3n) is 8.16. The fourth-order valence-corrected chi connectivity index (χ4v) is 5.95. The maximum atomic E-state index is 14.4. The Morgan fingerprint density at radius 1 is 1.03 bits per heavy atom. The van der Waals surface area contributed by atoms with Gasteiger partial charge < -0.3 is 14.5 Å². The van der Waals surface area contributed by atoms with Gasteiger partial charge in [0.05, 0.1) is 18.4 Å². The molecule has 2 aromatic rings. The second-order valence-electron chi connectivity index (χ2n) is 10.7. The van der Waals surface area contributed by atoms with E-state index in [9.17, 15) is 27.6 Å². The third-order valence-corrected chi connectivity index (χ3v) is 8.16. The average molecular weight is 545 g/mol. The maximum Gasteiger partial charge on any atom is 0.312 e. The number of hydrogen-bond acceptors (Lipinski definition) is 4. The first-order valence-corrected chi connectivity index (χ1v) is 13.4. The lowest BCUT2D eigenvalue weighted by atomic mass is 9.74. The van der Waals surface area contributed by atoms with Gasteiger partial charge in [0.25, 0.3) is 0 Å². The van der Waals surface area contributed by atoms with Gasteiger partial charge in [-0.25, -0.2) is 13.2 Å². The van der Waals surface area contributed by atoms with Crippen LogP contribution in [-0.4, -0.2) is 54.8 Å². The number of ether oxygens (including phenoxy) is 1. The molecule has 2 unspecified atom stereocenters. The smallest absolute Gasteiger partial charge is 0.312 e. The number of esters is 1. The number of nitrogens with zero attached hydrogens (tertiary/aromatic N) is 2. The van der Waals surface area contributed by atoms with Crippen molar-refractivity contribution >= 4 is 23.5 Å². The summed E-state index contributed by atoms with van der Waals surface area (Å²) in [6, 6.07) is 14.1. The summed E-state index contributed by atoms with van der Waals surface area (Å²) >= 11 is 0. The Morgan fingerprint density at radius 2 is 1.67 bits per heavy atom. The van der Waals surface area contributed by atoms with E-state index in [2.05, 4.69) is 0 Å². The highest BCUT2D eigenvalue weighted by molar-refractivity contribution is 5.97. The zero-order valence-electron chi connectivity index (χ0n) is 22.4. The van der Waals surface area contributed by atoms with E-state index < -0.39 is 47.4 Å². The Morgan fingerprint density at radius 3 is 2.28 bits per heavy atom. The topological polar surface area (TPSA) is 66.9 Å². The number of hydrogen-bond donors (Lipinski definition) is 0. The van der Waals surface area contributed by atoms with Crippen LogP contribution in [0.1, 0.15) is 63.4 Å². The Bertz CT molecular complexity index is 1180. The lowest BCUT2D eigenvalue weighted by molar-refractivity contribution is -0.160. The number of methoxy groups -OCH3 is 1. The summed E-state index contributed by atoms with van der Waals surface area (Å²) in [7, 11) is 1.25. The van der Waals surface area contributed by atoms with Crippen molar-refractivity contribution in [3.63, 3.8) is 0 Å². The molecule has 1 aliphatic carbocycles. The van der Waals surface area contributed by atoms with Crippen molar-refractivity contribution in [1.29, 1.82) is 0 Å². The van der Waals surface area contributed by atoms with Crippen molar-refractivity contribution in [3.05, 3.63) is 66.0 Å². The van der Waals surface area contributed by atoms with Crippen LogP contribution in [0.2, 0.25) is 0 Å². The van der Waals surface area contributed by atoms with Gasteiger partial charge in [-0.3, -0.25) is 14.4 Å². The van der Waals surface area contributed by atoms with E-state index in [0.717, 1.165) is 0 Å². The molecule has 6 nitrogen and oxygen atoms in total. The number of anilines is 1. The lowest BCUT2D eigenvalue weighted by Crippen LogP contribution is -2.52. The molecule has 39 heavy (non-hydrogen) atoms.